The highest BCUT2D eigenvalue weighted by molar-refractivity contribution is 5.08. The molecule has 1 heterocycles. The van der Waals surface area contributed by atoms with E-state index in [0.29, 0.717) is 6.42 Å². The minimum absolute atomic E-state index is 0.0375. The van der Waals surface area contributed by atoms with E-state index in [2.05, 4.69) is 20.0 Å². The van der Waals surface area contributed by atoms with E-state index in [4.69, 9.17) is 0 Å². The molecule has 0 radical (unpaired) electrons. The van der Waals surface area contributed by atoms with Gasteiger partial charge < -0.3 is 10.1 Å². The van der Waals surface area contributed by atoms with Gasteiger partial charge in [-0.15, -0.1) is 0 Å². The van der Waals surface area contributed by atoms with Crippen molar-refractivity contribution < 1.29 is 17.9 Å². The molecule has 1 aromatic heterocycles. The van der Waals surface area contributed by atoms with Crippen LogP contribution in [0.4, 0.5) is 13.2 Å². The van der Waals surface area contributed by atoms with Gasteiger partial charge in [0.1, 0.15) is 12.9 Å². The molecule has 1 aromatic rings. The first-order valence-electron chi connectivity index (χ1n) is 6.15. The van der Waals surface area contributed by atoms with Crippen LogP contribution in [-0.4, -0.2) is 35.9 Å². The highest BCUT2D eigenvalue weighted by Crippen LogP contribution is 2.17. The van der Waals surface area contributed by atoms with Crippen molar-refractivity contribution in [3.63, 3.8) is 0 Å². The number of rotatable bonds is 8. The molecule has 0 aliphatic carbocycles. The fraction of sp³-hybridized carbons (Fsp3) is 0.667. The molecular formula is C12H18F3N3O. The number of nitrogens with one attached hydrogen (secondary N) is 1. The molecule has 19 heavy (non-hydrogen) atoms. The van der Waals surface area contributed by atoms with Crippen LogP contribution in [-0.2, 0) is 4.74 Å². The van der Waals surface area contributed by atoms with Crippen molar-refractivity contribution in [3.05, 3.63) is 24.3 Å². The van der Waals surface area contributed by atoms with E-state index in [0.717, 1.165) is 18.5 Å². The Hall–Kier alpha value is -1.21. The van der Waals surface area contributed by atoms with Gasteiger partial charge in [0.05, 0.1) is 0 Å². The van der Waals surface area contributed by atoms with E-state index in [1.807, 2.05) is 6.92 Å². The van der Waals surface area contributed by atoms with Crippen molar-refractivity contribution in [1.29, 1.82) is 0 Å². The number of aromatic nitrogens is 2. The number of nitrogens with zero attached hydrogens (tertiary/aromatic N) is 2. The van der Waals surface area contributed by atoms with Crippen molar-refractivity contribution >= 4 is 0 Å². The van der Waals surface area contributed by atoms with Gasteiger partial charge in [-0.3, -0.25) is 0 Å². The van der Waals surface area contributed by atoms with Crippen molar-refractivity contribution in [2.75, 3.05) is 19.8 Å². The van der Waals surface area contributed by atoms with Gasteiger partial charge in [0.25, 0.3) is 0 Å². The van der Waals surface area contributed by atoms with E-state index >= 15 is 0 Å². The summed E-state index contributed by atoms with van der Waals surface area (Å²) in [7, 11) is 0. The summed E-state index contributed by atoms with van der Waals surface area (Å²) in [6, 6.07) is -0.0885. The Bertz CT molecular complexity index is 346. The Morgan fingerprint density at radius 1 is 1.32 bits per heavy atom. The lowest BCUT2D eigenvalue weighted by molar-refractivity contribution is -0.174. The lowest BCUT2D eigenvalue weighted by atomic mass is 10.1. The van der Waals surface area contributed by atoms with Crippen LogP contribution >= 0.6 is 0 Å². The van der Waals surface area contributed by atoms with Crippen molar-refractivity contribution in [2.45, 2.75) is 32.0 Å². The third kappa shape index (κ3) is 7.07. The third-order valence-corrected chi connectivity index (χ3v) is 2.44. The topological polar surface area (TPSA) is 47.0 Å². The van der Waals surface area contributed by atoms with E-state index < -0.39 is 12.8 Å². The first-order valence-corrected chi connectivity index (χ1v) is 6.15. The van der Waals surface area contributed by atoms with Crippen LogP contribution in [0.5, 0.6) is 0 Å². The molecule has 1 N–H and O–H groups in total. The Balaban J connectivity index is 2.42. The van der Waals surface area contributed by atoms with Crippen molar-refractivity contribution in [1.82, 2.24) is 15.3 Å². The zero-order valence-electron chi connectivity index (χ0n) is 10.8. The van der Waals surface area contributed by atoms with Crippen LogP contribution in [0.15, 0.2) is 18.7 Å². The van der Waals surface area contributed by atoms with Gasteiger partial charge in [0.15, 0.2) is 0 Å². The maximum Gasteiger partial charge on any atom is 0.411 e. The molecule has 1 unspecified atom stereocenters. The van der Waals surface area contributed by atoms with Crippen LogP contribution in [0, 0.1) is 0 Å². The zero-order chi connectivity index (χ0) is 14.1. The van der Waals surface area contributed by atoms with Crippen LogP contribution in [0.2, 0.25) is 0 Å². The molecule has 0 fully saturated rings. The zero-order valence-corrected chi connectivity index (χ0v) is 10.8. The van der Waals surface area contributed by atoms with E-state index in [1.165, 1.54) is 6.33 Å². The molecular weight excluding hydrogens is 259 g/mol. The number of hydrogen-bond acceptors (Lipinski definition) is 4. The molecule has 0 bridgehead atoms. The Morgan fingerprint density at radius 3 is 2.58 bits per heavy atom. The first kappa shape index (κ1) is 15.8. The van der Waals surface area contributed by atoms with Gasteiger partial charge in [-0.05, 0) is 19.4 Å². The molecule has 7 heteroatoms. The second-order valence-electron chi connectivity index (χ2n) is 4.13. The Kier molecular flexibility index (Phi) is 6.72. The van der Waals surface area contributed by atoms with Gasteiger partial charge in [-0.25, -0.2) is 9.97 Å². The van der Waals surface area contributed by atoms with Crippen LogP contribution in [0.3, 0.4) is 0 Å². The molecule has 1 atom stereocenters. The molecule has 1 rings (SSSR count). The molecule has 4 nitrogen and oxygen atoms in total. The van der Waals surface area contributed by atoms with Crippen LogP contribution in [0.1, 0.15) is 31.4 Å². The fourth-order valence-corrected chi connectivity index (χ4v) is 1.58. The lowest BCUT2D eigenvalue weighted by Gasteiger charge is -2.18. The van der Waals surface area contributed by atoms with E-state index in [-0.39, 0.29) is 12.6 Å². The molecule has 0 aliphatic heterocycles. The van der Waals surface area contributed by atoms with Gasteiger partial charge in [-0.1, -0.05) is 6.92 Å². The summed E-state index contributed by atoms with van der Waals surface area (Å²) in [6.07, 6.45) is 1.84. The number of alkyl halides is 3. The summed E-state index contributed by atoms with van der Waals surface area (Å²) in [4.78, 5) is 7.82. The van der Waals surface area contributed by atoms with Crippen molar-refractivity contribution in [3.8, 4) is 0 Å². The van der Waals surface area contributed by atoms with Gasteiger partial charge in [0, 0.05) is 30.6 Å². The van der Waals surface area contributed by atoms with Gasteiger partial charge >= 0.3 is 6.18 Å². The van der Waals surface area contributed by atoms with Crippen molar-refractivity contribution in [2.24, 2.45) is 0 Å². The minimum Gasteiger partial charge on any atom is -0.372 e. The molecule has 0 aromatic carbocycles. The highest BCUT2D eigenvalue weighted by atomic mass is 19.4. The smallest absolute Gasteiger partial charge is 0.372 e. The second-order valence-corrected chi connectivity index (χ2v) is 4.13. The van der Waals surface area contributed by atoms with Crippen LogP contribution < -0.4 is 5.32 Å². The summed E-state index contributed by atoms with van der Waals surface area (Å²) in [6.45, 7) is 1.62. The average Bonchev–Trinajstić information content (AvgIpc) is 2.38. The predicted octanol–water partition coefficient (Wildman–Crippen LogP) is 2.49. The predicted molar refractivity (Wildman–Crippen MR) is 64.6 cm³/mol. The molecule has 0 amide bonds. The first-order chi connectivity index (χ1) is 9.03. The second kappa shape index (κ2) is 8.06. The molecule has 0 spiro atoms. The van der Waals surface area contributed by atoms with Gasteiger partial charge in [-0.2, -0.15) is 13.2 Å². The SMILES string of the molecule is CCCNC(CCOCC(F)(F)F)c1cncnc1. The normalized spacial score (nSPS) is 13.5. The molecule has 0 aliphatic rings. The minimum atomic E-state index is -4.28. The molecule has 0 saturated carbocycles. The van der Waals surface area contributed by atoms with Gasteiger partial charge in [0.2, 0.25) is 0 Å². The summed E-state index contributed by atoms with van der Waals surface area (Å²) < 4.78 is 40.5. The summed E-state index contributed by atoms with van der Waals surface area (Å²) in [5.41, 5.74) is 0.853. The van der Waals surface area contributed by atoms with Crippen LogP contribution in [0.25, 0.3) is 0 Å². The maximum absolute atomic E-state index is 11.9. The third-order valence-electron chi connectivity index (χ3n) is 2.44. The Labute approximate surface area is 110 Å². The highest BCUT2D eigenvalue weighted by Gasteiger charge is 2.27. The maximum atomic E-state index is 11.9. The molecule has 0 saturated heterocycles. The number of hydrogen-bond donors (Lipinski definition) is 1. The monoisotopic (exact) mass is 277 g/mol. The van der Waals surface area contributed by atoms with E-state index in [1.54, 1.807) is 12.4 Å². The molecule has 108 valence electrons. The Morgan fingerprint density at radius 2 is 2.00 bits per heavy atom. The standard InChI is InChI=1S/C12H18F3N3O/c1-2-4-18-11(10-6-16-9-17-7-10)3-5-19-8-12(13,14)15/h6-7,9,11,18H,2-5,8H2,1H3. The summed E-state index contributed by atoms with van der Waals surface area (Å²) >= 11 is 0. The lowest BCUT2D eigenvalue weighted by Crippen LogP contribution is -2.25. The fourth-order valence-electron chi connectivity index (χ4n) is 1.58. The number of ether oxygens (including phenoxy) is 1. The quantitative estimate of drug-likeness (QED) is 0.742. The average molecular weight is 277 g/mol. The van der Waals surface area contributed by atoms with E-state index in [9.17, 15) is 13.2 Å². The summed E-state index contributed by atoms with van der Waals surface area (Å²) in [5, 5.41) is 3.24. The summed E-state index contributed by atoms with van der Waals surface area (Å²) in [5.74, 6) is 0. The largest absolute Gasteiger partial charge is 0.411 e. The number of halogens is 3.